The number of hydrogen-bond donors (Lipinski definition) is 4. The van der Waals surface area contributed by atoms with E-state index in [9.17, 15) is 19.2 Å². The number of H-pyrrole nitrogens is 1. The molecule has 3 amide bonds. The summed E-state index contributed by atoms with van der Waals surface area (Å²) in [7, 11) is 0. The number of carbonyl (C=O) groups excluding carboxylic acids is 3. The first-order chi connectivity index (χ1) is 14.6. The minimum Gasteiger partial charge on any atom is -0.444 e. The molecule has 0 unspecified atom stereocenters. The number of ether oxygens (including phenoxy) is 1. The maximum atomic E-state index is 12.4. The van der Waals surface area contributed by atoms with Crippen molar-refractivity contribution in [2.75, 3.05) is 5.32 Å². The van der Waals surface area contributed by atoms with Crippen LogP contribution in [-0.4, -0.2) is 33.7 Å². The van der Waals surface area contributed by atoms with Crippen LogP contribution in [0.4, 0.5) is 10.5 Å². The van der Waals surface area contributed by atoms with E-state index in [1.165, 1.54) is 24.3 Å². The van der Waals surface area contributed by atoms with Crippen LogP contribution in [0, 0.1) is 0 Å². The van der Waals surface area contributed by atoms with Crippen LogP contribution < -0.4 is 21.7 Å². The largest absolute Gasteiger partial charge is 0.444 e. The number of rotatable bonds is 3. The number of aromatic nitrogens is 2. The van der Waals surface area contributed by atoms with E-state index in [2.05, 4.69) is 26.4 Å². The molecule has 0 fully saturated rings. The molecular formula is C21H21N5O5. The van der Waals surface area contributed by atoms with Crippen molar-refractivity contribution in [3.63, 3.8) is 0 Å². The molecule has 2 aromatic carbocycles. The molecule has 10 heteroatoms. The summed E-state index contributed by atoms with van der Waals surface area (Å²) < 4.78 is 5.16. The van der Waals surface area contributed by atoms with Crippen molar-refractivity contribution >= 4 is 34.4 Å². The first-order valence-electron chi connectivity index (χ1n) is 9.32. The monoisotopic (exact) mass is 423 g/mol. The lowest BCUT2D eigenvalue weighted by molar-refractivity contribution is 0.0635. The molecule has 0 aliphatic rings. The van der Waals surface area contributed by atoms with Crippen LogP contribution in [0.25, 0.3) is 10.8 Å². The summed E-state index contributed by atoms with van der Waals surface area (Å²) in [5, 5.41) is 9.25. The van der Waals surface area contributed by atoms with Crippen molar-refractivity contribution in [2.45, 2.75) is 26.4 Å². The molecule has 4 N–H and O–H groups in total. The minimum absolute atomic E-state index is 0.0348. The number of amides is 3. The van der Waals surface area contributed by atoms with Gasteiger partial charge in [-0.15, -0.1) is 0 Å². The Bertz CT molecular complexity index is 1200. The molecule has 10 nitrogen and oxygen atoms in total. The zero-order valence-corrected chi connectivity index (χ0v) is 17.1. The highest BCUT2D eigenvalue weighted by molar-refractivity contribution is 6.06. The molecule has 3 rings (SSSR count). The fraction of sp³-hybridized carbons (Fsp3) is 0.190. The SMILES string of the molecule is CC(C)(C)OC(=O)Nc1ccc(C(=O)NNC(=O)c2n[nH]c(=O)c3ccccc23)cc1. The van der Waals surface area contributed by atoms with Gasteiger partial charge in [0.15, 0.2) is 5.69 Å². The van der Waals surface area contributed by atoms with E-state index in [0.717, 1.165) is 0 Å². The average molecular weight is 423 g/mol. The third-order valence-electron chi connectivity index (χ3n) is 3.99. The van der Waals surface area contributed by atoms with Gasteiger partial charge in [-0.3, -0.25) is 30.6 Å². The highest BCUT2D eigenvalue weighted by atomic mass is 16.6. The average Bonchev–Trinajstić information content (AvgIpc) is 2.71. The third kappa shape index (κ3) is 5.44. The molecule has 0 spiro atoms. The molecule has 0 aliphatic carbocycles. The fourth-order valence-corrected chi connectivity index (χ4v) is 2.66. The predicted molar refractivity (Wildman–Crippen MR) is 114 cm³/mol. The normalized spacial score (nSPS) is 10.9. The summed E-state index contributed by atoms with van der Waals surface area (Å²) in [6, 6.07) is 12.5. The lowest BCUT2D eigenvalue weighted by Gasteiger charge is -2.19. The van der Waals surface area contributed by atoms with Crippen LogP contribution >= 0.6 is 0 Å². The van der Waals surface area contributed by atoms with Gasteiger partial charge in [0.05, 0.1) is 5.39 Å². The maximum absolute atomic E-state index is 12.4. The van der Waals surface area contributed by atoms with Gasteiger partial charge in [0.1, 0.15) is 5.60 Å². The molecule has 0 saturated carbocycles. The lowest BCUT2D eigenvalue weighted by atomic mass is 10.1. The van der Waals surface area contributed by atoms with Crippen LogP contribution in [0.5, 0.6) is 0 Å². The number of nitrogens with zero attached hydrogens (tertiary/aromatic N) is 1. The first-order valence-corrected chi connectivity index (χ1v) is 9.32. The molecule has 1 aromatic heterocycles. The molecule has 3 aromatic rings. The van der Waals surface area contributed by atoms with Crippen molar-refractivity contribution < 1.29 is 19.1 Å². The van der Waals surface area contributed by atoms with Gasteiger partial charge in [-0.2, -0.15) is 5.10 Å². The number of aromatic amines is 1. The predicted octanol–water partition coefficient (Wildman–Crippen LogP) is 2.34. The maximum Gasteiger partial charge on any atom is 0.412 e. The summed E-state index contributed by atoms with van der Waals surface area (Å²) in [5.41, 5.74) is 4.16. The topological polar surface area (TPSA) is 142 Å². The molecule has 0 saturated heterocycles. The van der Waals surface area contributed by atoms with Crippen molar-refractivity contribution in [3.8, 4) is 0 Å². The van der Waals surface area contributed by atoms with E-state index in [1.54, 1.807) is 45.0 Å². The standard InChI is InChI=1S/C21H21N5O5/c1-21(2,3)31-20(30)22-13-10-8-12(9-11-13)17(27)24-26-19(29)16-14-6-4-5-7-15(14)18(28)25-23-16/h4-11H,1-3H3,(H,22,30)(H,24,27)(H,25,28)(H,26,29). The van der Waals surface area contributed by atoms with Gasteiger partial charge in [0.2, 0.25) is 0 Å². The van der Waals surface area contributed by atoms with Crippen LogP contribution in [0.3, 0.4) is 0 Å². The molecule has 0 radical (unpaired) electrons. The Hall–Kier alpha value is -4.21. The highest BCUT2D eigenvalue weighted by Gasteiger charge is 2.17. The Labute approximate surface area is 177 Å². The van der Waals surface area contributed by atoms with E-state index in [0.29, 0.717) is 16.5 Å². The number of nitrogens with one attached hydrogen (secondary N) is 4. The van der Waals surface area contributed by atoms with E-state index in [1.807, 2.05) is 0 Å². The minimum atomic E-state index is -0.691. The molecule has 0 aliphatic heterocycles. The Morgan fingerprint density at radius 1 is 0.903 bits per heavy atom. The summed E-state index contributed by atoms with van der Waals surface area (Å²) in [6.07, 6.45) is -0.613. The second-order valence-corrected chi connectivity index (χ2v) is 7.56. The molecule has 31 heavy (non-hydrogen) atoms. The quantitative estimate of drug-likeness (QED) is 0.476. The number of hydrogen-bond acceptors (Lipinski definition) is 6. The second-order valence-electron chi connectivity index (χ2n) is 7.56. The van der Waals surface area contributed by atoms with Crippen molar-refractivity contribution in [3.05, 3.63) is 70.1 Å². The van der Waals surface area contributed by atoms with Gasteiger partial charge in [-0.1, -0.05) is 18.2 Å². The van der Waals surface area contributed by atoms with E-state index in [4.69, 9.17) is 4.74 Å². The number of hydrazine groups is 1. The molecule has 0 bridgehead atoms. The molecule has 1 heterocycles. The van der Waals surface area contributed by atoms with Crippen LogP contribution in [0.2, 0.25) is 0 Å². The van der Waals surface area contributed by atoms with E-state index >= 15 is 0 Å². The molecule has 160 valence electrons. The zero-order chi connectivity index (χ0) is 22.6. The zero-order valence-electron chi connectivity index (χ0n) is 17.1. The highest BCUT2D eigenvalue weighted by Crippen LogP contribution is 2.14. The van der Waals surface area contributed by atoms with Gasteiger partial charge >= 0.3 is 6.09 Å². The lowest BCUT2D eigenvalue weighted by Crippen LogP contribution is -2.42. The first kappa shape index (κ1) is 21.5. The second kappa shape index (κ2) is 8.66. The van der Waals surface area contributed by atoms with Gasteiger partial charge in [0.25, 0.3) is 17.4 Å². The third-order valence-corrected chi connectivity index (χ3v) is 3.99. The Morgan fingerprint density at radius 2 is 1.52 bits per heavy atom. The molecular weight excluding hydrogens is 402 g/mol. The van der Waals surface area contributed by atoms with Crippen LogP contribution in [-0.2, 0) is 4.74 Å². The van der Waals surface area contributed by atoms with E-state index < -0.39 is 29.1 Å². The summed E-state index contributed by atoms with van der Waals surface area (Å²) in [5.74, 6) is -1.27. The Kier molecular flexibility index (Phi) is 6.00. The van der Waals surface area contributed by atoms with Gasteiger partial charge in [0, 0.05) is 16.6 Å². The van der Waals surface area contributed by atoms with Gasteiger partial charge < -0.3 is 4.74 Å². The summed E-state index contributed by atoms with van der Waals surface area (Å²) >= 11 is 0. The smallest absolute Gasteiger partial charge is 0.412 e. The number of anilines is 1. The number of fused-ring (bicyclic) bond motifs is 1. The van der Waals surface area contributed by atoms with Gasteiger partial charge in [-0.25, -0.2) is 9.89 Å². The Balaban J connectivity index is 1.62. The number of carbonyl (C=O) groups is 3. The van der Waals surface area contributed by atoms with Crippen molar-refractivity contribution in [2.24, 2.45) is 0 Å². The van der Waals surface area contributed by atoms with Crippen molar-refractivity contribution in [1.82, 2.24) is 21.0 Å². The molecule has 0 atom stereocenters. The van der Waals surface area contributed by atoms with Crippen LogP contribution in [0.1, 0.15) is 41.6 Å². The Morgan fingerprint density at radius 3 is 2.16 bits per heavy atom. The summed E-state index contributed by atoms with van der Waals surface area (Å²) in [6.45, 7) is 5.25. The van der Waals surface area contributed by atoms with E-state index in [-0.39, 0.29) is 11.3 Å². The number of benzene rings is 2. The van der Waals surface area contributed by atoms with Crippen LogP contribution in [0.15, 0.2) is 53.3 Å². The fourth-order valence-electron chi connectivity index (χ4n) is 2.66. The van der Waals surface area contributed by atoms with Crippen molar-refractivity contribution in [1.29, 1.82) is 0 Å². The van der Waals surface area contributed by atoms with Gasteiger partial charge in [-0.05, 0) is 51.1 Å². The summed E-state index contributed by atoms with van der Waals surface area (Å²) in [4.78, 5) is 48.3.